The molecule has 0 aliphatic rings. The van der Waals surface area contributed by atoms with Gasteiger partial charge in [0.05, 0.1) is 12.7 Å². The van der Waals surface area contributed by atoms with Crippen molar-refractivity contribution in [1.82, 2.24) is 4.90 Å². The van der Waals surface area contributed by atoms with Crippen LogP contribution >= 0.6 is 38.5 Å². The van der Waals surface area contributed by atoms with Crippen molar-refractivity contribution in [3.05, 3.63) is 31.8 Å². The van der Waals surface area contributed by atoms with E-state index in [9.17, 15) is 9.59 Å². The van der Waals surface area contributed by atoms with Gasteiger partial charge in [-0.3, -0.25) is 9.59 Å². The number of carbonyl (C=O) groups excluding carboxylic acids is 2. The van der Waals surface area contributed by atoms with Crippen LogP contribution in [0.1, 0.15) is 24.2 Å². The van der Waals surface area contributed by atoms with Crippen molar-refractivity contribution in [2.24, 2.45) is 0 Å². The summed E-state index contributed by atoms with van der Waals surface area (Å²) in [5.41, 5.74) is 0.576. The SMILES string of the molecule is COC(=O)CN(C(=O)c1cc(Br)ccc1I)C(C)C. The highest BCUT2D eigenvalue weighted by Gasteiger charge is 2.23. The van der Waals surface area contributed by atoms with Crippen LogP contribution in [0, 0.1) is 3.57 Å². The molecule has 0 bridgehead atoms. The van der Waals surface area contributed by atoms with E-state index in [-0.39, 0.29) is 18.5 Å². The van der Waals surface area contributed by atoms with E-state index in [4.69, 9.17) is 0 Å². The fraction of sp³-hybridized carbons (Fsp3) is 0.385. The molecular weight excluding hydrogens is 425 g/mol. The molecule has 0 atom stereocenters. The van der Waals surface area contributed by atoms with E-state index in [1.807, 2.05) is 26.0 Å². The first-order valence-electron chi connectivity index (χ1n) is 5.69. The van der Waals surface area contributed by atoms with Crippen LogP contribution in [0.15, 0.2) is 22.7 Å². The van der Waals surface area contributed by atoms with Gasteiger partial charge in [0.25, 0.3) is 5.91 Å². The van der Waals surface area contributed by atoms with E-state index >= 15 is 0 Å². The molecule has 0 aromatic heterocycles. The minimum absolute atomic E-state index is 0.0460. The first-order chi connectivity index (χ1) is 8.86. The Morgan fingerprint density at radius 3 is 2.58 bits per heavy atom. The summed E-state index contributed by atoms with van der Waals surface area (Å²) in [6, 6.07) is 5.41. The van der Waals surface area contributed by atoms with Crippen LogP contribution in [0.25, 0.3) is 0 Å². The molecule has 0 N–H and O–H groups in total. The first-order valence-corrected chi connectivity index (χ1v) is 7.56. The number of hydrogen-bond acceptors (Lipinski definition) is 3. The third-order valence-corrected chi connectivity index (χ3v) is 4.00. The zero-order chi connectivity index (χ0) is 14.6. The predicted molar refractivity (Wildman–Crippen MR) is 85.0 cm³/mol. The molecule has 1 aromatic carbocycles. The molecule has 0 spiro atoms. The Labute approximate surface area is 134 Å². The number of rotatable bonds is 4. The third-order valence-electron chi connectivity index (χ3n) is 2.57. The lowest BCUT2D eigenvalue weighted by molar-refractivity contribution is -0.141. The normalized spacial score (nSPS) is 10.4. The molecule has 0 saturated heterocycles. The van der Waals surface area contributed by atoms with E-state index in [1.54, 1.807) is 6.07 Å². The molecular formula is C13H15BrINO3. The van der Waals surface area contributed by atoms with Crippen LogP contribution in [0.3, 0.4) is 0 Å². The van der Waals surface area contributed by atoms with Crippen LogP contribution in [0.4, 0.5) is 0 Å². The summed E-state index contributed by atoms with van der Waals surface area (Å²) >= 11 is 5.46. The predicted octanol–water partition coefficient (Wildman–Crippen LogP) is 3.08. The molecule has 0 fully saturated rings. The Morgan fingerprint density at radius 2 is 2.05 bits per heavy atom. The van der Waals surface area contributed by atoms with Crippen LogP contribution in [-0.2, 0) is 9.53 Å². The molecule has 0 unspecified atom stereocenters. The van der Waals surface area contributed by atoms with Gasteiger partial charge in [0.15, 0.2) is 0 Å². The van der Waals surface area contributed by atoms with E-state index in [0.29, 0.717) is 5.56 Å². The largest absolute Gasteiger partial charge is 0.468 e. The molecule has 0 aliphatic carbocycles. The van der Waals surface area contributed by atoms with Crippen molar-refractivity contribution in [1.29, 1.82) is 0 Å². The molecule has 0 radical (unpaired) electrons. The monoisotopic (exact) mass is 439 g/mol. The molecule has 0 heterocycles. The standard InChI is InChI=1S/C13H15BrINO3/c1-8(2)16(7-12(17)19-3)13(18)10-6-9(14)4-5-11(10)15/h4-6,8H,7H2,1-3H3. The zero-order valence-electron chi connectivity index (χ0n) is 10.9. The summed E-state index contributed by atoms with van der Waals surface area (Å²) in [5.74, 6) is -0.599. The highest BCUT2D eigenvalue weighted by Crippen LogP contribution is 2.20. The van der Waals surface area contributed by atoms with Gasteiger partial charge in [-0.15, -0.1) is 0 Å². The number of nitrogens with zero attached hydrogens (tertiary/aromatic N) is 1. The molecule has 0 saturated carbocycles. The average molecular weight is 440 g/mol. The number of carbonyl (C=O) groups is 2. The van der Waals surface area contributed by atoms with Gasteiger partial charge >= 0.3 is 5.97 Å². The highest BCUT2D eigenvalue weighted by molar-refractivity contribution is 14.1. The van der Waals surface area contributed by atoms with Gasteiger partial charge in [-0.2, -0.15) is 0 Å². The number of halogens is 2. The van der Waals surface area contributed by atoms with Gasteiger partial charge < -0.3 is 9.64 Å². The van der Waals surface area contributed by atoms with Gasteiger partial charge in [0.2, 0.25) is 0 Å². The Kier molecular flexibility index (Phi) is 6.25. The van der Waals surface area contributed by atoms with Gasteiger partial charge in [-0.1, -0.05) is 15.9 Å². The van der Waals surface area contributed by atoms with Crippen LogP contribution in [0.5, 0.6) is 0 Å². The van der Waals surface area contributed by atoms with E-state index in [1.165, 1.54) is 12.0 Å². The Balaban J connectivity index is 3.05. The molecule has 6 heteroatoms. The number of methoxy groups -OCH3 is 1. The van der Waals surface area contributed by atoms with Crippen molar-refractivity contribution in [3.63, 3.8) is 0 Å². The van der Waals surface area contributed by atoms with Crippen LogP contribution < -0.4 is 0 Å². The smallest absolute Gasteiger partial charge is 0.325 e. The zero-order valence-corrected chi connectivity index (χ0v) is 14.7. The van der Waals surface area contributed by atoms with Crippen molar-refractivity contribution in [2.45, 2.75) is 19.9 Å². The number of benzene rings is 1. The summed E-state index contributed by atoms with van der Waals surface area (Å²) in [6.45, 7) is 3.69. The lowest BCUT2D eigenvalue weighted by Crippen LogP contribution is -2.41. The lowest BCUT2D eigenvalue weighted by Gasteiger charge is -2.26. The van der Waals surface area contributed by atoms with E-state index in [2.05, 4.69) is 43.3 Å². The third kappa shape index (κ3) is 4.45. The second-order valence-corrected chi connectivity index (χ2v) is 6.30. The number of ether oxygens (including phenoxy) is 1. The topological polar surface area (TPSA) is 46.6 Å². The first kappa shape index (κ1) is 16.4. The molecule has 19 heavy (non-hydrogen) atoms. The van der Waals surface area contributed by atoms with Gasteiger partial charge in [0.1, 0.15) is 6.54 Å². The average Bonchev–Trinajstić information content (AvgIpc) is 2.37. The van der Waals surface area contributed by atoms with E-state index < -0.39 is 5.97 Å². The van der Waals surface area contributed by atoms with Crippen LogP contribution in [-0.4, -0.2) is 36.5 Å². The molecule has 1 rings (SSSR count). The van der Waals surface area contributed by atoms with Crippen molar-refractivity contribution < 1.29 is 14.3 Å². The maximum Gasteiger partial charge on any atom is 0.325 e. The van der Waals surface area contributed by atoms with Gasteiger partial charge in [0, 0.05) is 14.1 Å². The van der Waals surface area contributed by atoms with E-state index in [0.717, 1.165) is 8.04 Å². The fourth-order valence-corrected chi connectivity index (χ4v) is 2.44. The Morgan fingerprint density at radius 1 is 1.42 bits per heavy atom. The summed E-state index contributed by atoms with van der Waals surface area (Å²) in [5, 5.41) is 0. The maximum atomic E-state index is 12.5. The fourth-order valence-electron chi connectivity index (χ4n) is 1.51. The van der Waals surface area contributed by atoms with Crippen molar-refractivity contribution in [2.75, 3.05) is 13.7 Å². The molecule has 1 amide bonds. The van der Waals surface area contributed by atoms with Gasteiger partial charge in [-0.05, 0) is 54.6 Å². The Bertz CT molecular complexity index is 491. The minimum Gasteiger partial charge on any atom is -0.468 e. The van der Waals surface area contributed by atoms with Crippen molar-refractivity contribution in [3.8, 4) is 0 Å². The summed E-state index contributed by atoms with van der Waals surface area (Å²) < 4.78 is 6.31. The lowest BCUT2D eigenvalue weighted by atomic mass is 10.1. The quantitative estimate of drug-likeness (QED) is 0.535. The molecule has 104 valence electrons. The number of amides is 1. The second-order valence-electron chi connectivity index (χ2n) is 4.23. The van der Waals surface area contributed by atoms with Crippen molar-refractivity contribution >= 4 is 50.4 Å². The molecule has 4 nitrogen and oxygen atoms in total. The van der Waals surface area contributed by atoms with Gasteiger partial charge in [-0.25, -0.2) is 0 Å². The maximum absolute atomic E-state index is 12.5. The minimum atomic E-state index is -0.424. The molecule has 1 aromatic rings. The summed E-state index contributed by atoms with van der Waals surface area (Å²) in [7, 11) is 1.31. The summed E-state index contributed by atoms with van der Waals surface area (Å²) in [6.07, 6.45) is 0. The Hall–Kier alpha value is -0.630. The second kappa shape index (κ2) is 7.23. The summed E-state index contributed by atoms with van der Waals surface area (Å²) in [4.78, 5) is 25.4. The molecule has 0 aliphatic heterocycles. The number of esters is 1. The van der Waals surface area contributed by atoms with Crippen LogP contribution in [0.2, 0.25) is 0 Å². The highest BCUT2D eigenvalue weighted by atomic mass is 127. The number of hydrogen-bond donors (Lipinski definition) is 0.